The van der Waals surface area contributed by atoms with Gasteiger partial charge in [0.05, 0.1) is 12.2 Å². The summed E-state index contributed by atoms with van der Waals surface area (Å²) in [5.74, 6) is 0. The summed E-state index contributed by atoms with van der Waals surface area (Å²) < 4.78 is 5.58. The zero-order valence-corrected chi connectivity index (χ0v) is 7.81. The molecule has 2 heteroatoms. The third kappa shape index (κ3) is 1.01. The Morgan fingerprint density at radius 1 is 1.25 bits per heavy atom. The summed E-state index contributed by atoms with van der Waals surface area (Å²) in [5.41, 5.74) is 1.02. The zero-order chi connectivity index (χ0) is 8.23. The van der Waals surface area contributed by atoms with Crippen LogP contribution in [-0.4, -0.2) is 36.7 Å². The topological polar surface area (TPSA) is 12.5 Å². The van der Waals surface area contributed by atoms with Gasteiger partial charge in [-0.15, -0.1) is 0 Å². The van der Waals surface area contributed by atoms with Gasteiger partial charge in [-0.25, -0.2) is 0 Å². The van der Waals surface area contributed by atoms with Crippen LogP contribution in [-0.2, 0) is 4.74 Å². The number of hydrogen-bond acceptors (Lipinski definition) is 2. The molecule has 0 radical (unpaired) electrons. The normalized spacial score (nSPS) is 35.8. The van der Waals surface area contributed by atoms with E-state index in [-0.39, 0.29) is 0 Å². The molecule has 3 rings (SSSR count). The first-order chi connectivity index (χ1) is 5.70. The molecular weight excluding hydrogens is 150 g/mol. The van der Waals surface area contributed by atoms with Crippen LogP contribution in [0.1, 0.15) is 26.2 Å². The van der Waals surface area contributed by atoms with Crippen LogP contribution in [0.5, 0.6) is 0 Å². The highest BCUT2D eigenvalue weighted by Gasteiger charge is 2.51. The minimum Gasteiger partial charge on any atom is -0.372 e. The van der Waals surface area contributed by atoms with Gasteiger partial charge in [0.1, 0.15) is 0 Å². The standard InChI is InChI=1S/C10H17NO/c1-9(2-3-9)6-11-7-10(8-11)4-5-12-10/h2-8H2,1H3. The average Bonchev–Trinajstić information content (AvgIpc) is 2.54. The van der Waals surface area contributed by atoms with Crippen LogP contribution in [0.3, 0.4) is 0 Å². The molecule has 1 saturated carbocycles. The van der Waals surface area contributed by atoms with E-state index in [1.165, 1.54) is 38.9 Å². The van der Waals surface area contributed by atoms with E-state index in [4.69, 9.17) is 4.74 Å². The third-order valence-electron chi connectivity index (χ3n) is 3.70. The van der Waals surface area contributed by atoms with Crippen LogP contribution in [0.4, 0.5) is 0 Å². The molecule has 1 spiro atoms. The fraction of sp³-hybridized carbons (Fsp3) is 1.00. The van der Waals surface area contributed by atoms with Crippen LogP contribution in [0.25, 0.3) is 0 Å². The Hall–Kier alpha value is -0.0800. The van der Waals surface area contributed by atoms with Gasteiger partial charge >= 0.3 is 0 Å². The highest BCUT2D eigenvalue weighted by atomic mass is 16.5. The molecule has 3 aliphatic rings. The summed E-state index contributed by atoms with van der Waals surface area (Å²) in [5, 5.41) is 0. The molecule has 0 aromatic heterocycles. The van der Waals surface area contributed by atoms with E-state index < -0.39 is 0 Å². The van der Waals surface area contributed by atoms with Crippen molar-refractivity contribution < 1.29 is 4.74 Å². The van der Waals surface area contributed by atoms with Gasteiger partial charge in [0.25, 0.3) is 0 Å². The van der Waals surface area contributed by atoms with Crippen molar-refractivity contribution in [3.8, 4) is 0 Å². The Morgan fingerprint density at radius 2 is 1.92 bits per heavy atom. The van der Waals surface area contributed by atoms with E-state index in [1.54, 1.807) is 0 Å². The van der Waals surface area contributed by atoms with Gasteiger partial charge < -0.3 is 4.74 Å². The molecule has 2 heterocycles. The van der Waals surface area contributed by atoms with Crippen molar-refractivity contribution in [2.24, 2.45) is 5.41 Å². The second kappa shape index (κ2) is 2.05. The molecule has 0 N–H and O–H groups in total. The Balaban J connectivity index is 1.50. The number of nitrogens with zero attached hydrogens (tertiary/aromatic N) is 1. The Morgan fingerprint density at radius 3 is 2.33 bits per heavy atom. The molecule has 0 atom stereocenters. The number of hydrogen-bond donors (Lipinski definition) is 0. The van der Waals surface area contributed by atoms with Crippen molar-refractivity contribution in [1.82, 2.24) is 4.90 Å². The molecule has 0 aromatic rings. The van der Waals surface area contributed by atoms with Gasteiger partial charge in [0.2, 0.25) is 0 Å². The van der Waals surface area contributed by atoms with Crippen LogP contribution in [0, 0.1) is 5.41 Å². The molecule has 2 saturated heterocycles. The third-order valence-corrected chi connectivity index (χ3v) is 3.70. The van der Waals surface area contributed by atoms with E-state index in [1.807, 2.05) is 0 Å². The lowest BCUT2D eigenvalue weighted by Gasteiger charge is -2.55. The summed E-state index contributed by atoms with van der Waals surface area (Å²) in [6, 6.07) is 0. The van der Waals surface area contributed by atoms with Crippen molar-refractivity contribution in [2.75, 3.05) is 26.2 Å². The van der Waals surface area contributed by atoms with E-state index in [0.29, 0.717) is 11.0 Å². The van der Waals surface area contributed by atoms with Crippen molar-refractivity contribution in [1.29, 1.82) is 0 Å². The highest BCUT2D eigenvalue weighted by Crippen LogP contribution is 2.48. The maximum atomic E-state index is 5.58. The van der Waals surface area contributed by atoms with E-state index in [2.05, 4.69) is 11.8 Å². The van der Waals surface area contributed by atoms with Gasteiger partial charge in [0, 0.05) is 26.1 Å². The van der Waals surface area contributed by atoms with Crippen molar-refractivity contribution >= 4 is 0 Å². The first kappa shape index (κ1) is 7.34. The highest BCUT2D eigenvalue weighted by molar-refractivity contribution is 5.04. The molecule has 68 valence electrons. The maximum Gasteiger partial charge on any atom is 0.0956 e. The molecule has 0 unspecified atom stereocenters. The molecule has 12 heavy (non-hydrogen) atoms. The smallest absolute Gasteiger partial charge is 0.0956 e. The van der Waals surface area contributed by atoms with Crippen LogP contribution in [0.15, 0.2) is 0 Å². The second-order valence-electron chi connectivity index (χ2n) is 5.24. The van der Waals surface area contributed by atoms with Crippen molar-refractivity contribution in [3.63, 3.8) is 0 Å². The summed E-state index contributed by atoms with van der Waals surface area (Å²) in [4.78, 5) is 2.56. The SMILES string of the molecule is CC1(CN2CC3(CCO3)C2)CC1. The predicted molar refractivity (Wildman–Crippen MR) is 47.1 cm³/mol. The Kier molecular flexibility index (Phi) is 1.25. The molecule has 0 bridgehead atoms. The summed E-state index contributed by atoms with van der Waals surface area (Å²) in [6.45, 7) is 7.15. The zero-order valence-electron chi connectivity index (χ0n) is 7.81. The van der Waals surface area contributed by atoms with Crippen LogP contribution in [0.2, 0.25) is 0 Å². The second-order valence-corrected chi connectivity index (χ2v) is 5.24. The lowest BCUT2D eigenvalue weighted by atomic mass is 9.85. The number of ether oxygens (including phenoxy) is 1. The van der Waals surface area contributed by atoms with Gasteiger partial charge in [0.15, 0.2) is 0 Å². The van der Waals surface area contributed by atoms with E-state index >= 15 is 0 Å². The van der Waals surface area contributed by atoms with Crippen molar-refractivity contribution in [3.05, 3.63) is 0 Å². The predicted octanol–water partition coefficient (Wildman–Crippen LogP) is 1.26. The van der Waals surface area contributed by atoms with Crippen molar-refractivity contribution in [2.45, 2.75) is 31.8 Å². The quantitative estimate of drug-likeness (QED) is 0.614. The Bertz CT molecular complexity index is 198. The first-order valence-electron chi connectivity index (χ1n) is 5.06. The number of likely N-dealkylation sites (tertiary alicyclic amines) is 1. The minimum absolute atomic E-state index is 0.339. The van der Waals surface area contributed by atoms with E-state index in [0.717, 1.165) is 6.61 Å². The summed E-state index contributed by atoms with van der Waals surface area (Å²) in [7, 11) is 0. The maximum absolute atomic E-state index is 5.58. The molecule has 2 aliphatic heterocycles. The summed E-state index contributed by atoms with van der Waals surface area (Å²) in [6.07, 6.45) is 4.19. The number of rotatable bonds is 2. The molecular formula is C10H17NO. The van der Waals surface area contributed by atoms with Crippen LogP contribution < -0.4 is 0 Å². The van der Waals surface area contributed by atoms with Gasteiger partial charge in [-0.05, 0) is 18.3 Å². The van der Waals surface area contributed by atoms with Gasteiger partial charge in [-0.1, -0.05) is 6.92 Å². The van der Waals surface area contributed by atoms with Crippen LogP contribution >= 0.6 is 0 Å². The monoisotopic (exact) mass is 167 g/mol. The van der Waals surface area contributed by atoms with E-state index in [9.17, 15) is 0 Å². The fourth-order valence-electron chi connectivity index (χ4n) is 2.43. The molecule has 0 aromatic carbocycles. The largest absolute Gasteiger partial charge is 0.372 e. The van der Waals surface area contributed by atoms with Gasteiger partial charge in [-0.2, -0.15) is 0 Å². The molecule has 1 aliphatic carbocycles. The molecule has 0 amide bonds. The van der Waals surface area contributed by atoms with Gasteiger partial charge in [-0.3, -0.25) is 4.90 Å². The lowest BCUT2D eigenvalue weighted by molar-refractivity contribution is -0.223. The lowest BCUT2D eigenvalue weighted by Crippen LogP contribution is -2.68. The Labute approximate surface area is 73.9 Å². The minimum atomic E-state index is 0.339. The summed E-state index contributed by atoms with van der Waals surface area (Å²) >= 11 is 0. The molecule has 2 nitrogen and oxygen atoms in total. The fourth-order valence-corrected chi connectivity index (χ4v) is 2.43. The molecule has 3 fully saturated rings. The first-order valence-corrected chi connectivity index (χ1v) is 5.06. The average molecular weight is 167 g/mol.